The van der Waals surface area contributed by atoms with Gasteiger partial charge in [-0.05, 0) is 49.2 Å². The highest BCUT2D eigenvalue weighted by atomic mass is 16.5. The molecule has 0 radical (unpaired) electrons. The van der Waals surface area contributed by atoms with E-state index in [-0.39, 0.29) is 0 Å². The van der Waals surface area contributed by atoms with Gasteiger partial charge < -0.3 is 9.15 Å². The molecule has 3 rings (SSSR count). The highest BCUT2D eigenvalue weighted by molar-refractivity contribution is 5.58. The smallest absolute Gasteiger partial charge is 0.204 e. The van der Waals surface area contributed by atoms with Crippen LogP contribution in [0.4, 0.5) is 0 Å². The Kier molecular flexibility index (Phi) is 4.14. The van der Waals surface area contributed by atoms with Crippen LogP contribution in [0.25, 0.3) is 11.4 Å². The summed E-state index contributed by atoms with van der Waals surface area (Å²) in [6.45, 7) is 6.11. The van der Waals surface area contributed by atoms with E-state index in [0.717, 1.165) is 46.8 Å². The van der Waals surface area contributed by atoms with E-state index in [1.54, 1.807) is 13.3 Å². The Morgan fingerprint density at radius 2 is 2.04 bits per heavy atom. The number of hydrogen-bond acceptors (Lipinski definition) is 5. The fraction of sp³-hybridized carbons (Fsp3) is 0.353. The van der Waals surface area contributed by atoms with Crippen molar-refractivity contribution in [1.82, 2.24) is 20.2 Å². The minimum absolute atomic E-state index is 0.605. The SMILES string of the molecule is CCCc1c(Oc2ccc(-c3nnn(C)n3)cc2C)coc1C. The molecule has 0 bridgehead atoms. The zero-order valence-electron chi connectivity index (χ0n) is 13.8. The van der Waals surface area contributed by atoms with Gasteiger partial charge in [-0.2, -0.15) is 4.80 Å². The maximum absolute atomic E-state index is 6.05. The van der Waals surface area contributed by atoms with E-state index >= 15 is 0 Å². The number of ether oxygens (including phenoxy) is 1. The number of hydrogen-bond donors (Lipinski definition) is 0. The van der Waals surface area contributed by atoms with Crippen molar-refractivity contribution >= 4 is 0 Å². The van der Waals surface area contributed by atoms with Crippen molar-refractivity contribution in [3.63, 3.8) is 0 Å². The first-order valence-electron chi connectivity index (χ1n) is 7.68. The maximum Gasteiger partial charge on any atom is 0.204 e. The summed E-state index contributed by atoms with van der Waals surface area (Å²) in [4.78, 5) is 1.44. The van der Waals surface area contributed by atoms with Crippen molar-refractivity contribution in [3.05, 3.63) is 41.3 Å². The third kappa shape index (κ3) is 3.11. The number of tetrazole rings is 1. The first-order chi connectivity index (χ1) is 11.1. The van der Waals surface area contributed by atoms with Crippen LogP contribution >= 0.6 is 0 Å². The molecule has 6 heteroatoms. The number of furan rings is 1. The molecule has 120 valence electrons. The lowest BCUT2D eigenvalue weighted by Gasteiger charge is -2.09. The van der Waals surface area contributed by atoms with Crippen LogP contribution in [0.2, 0.25) is 0 Å². The summed E-state index contributed by atoms with van der Waals surface area (Å²) in [5.41, 5.74) is 3.06. The van der Waals surface area contributed by atoms with Crippen LogP contribution < -0.4 is 4.74 Å². The first kappa shape index (κ1) is 15.3. The van der Waals surface area contributed by atoms with Crippen LogP contribution in [0.1, 0.15) is 30.2 Å². The molecule has 2 heterocycles. The van der Waals surface area contributed by atoms with Crippen molar-refractivity contribution < 1.29 is 9.15 Å². The second-order valence-corrected chi connectivity index (χ2v) is 5.57. The van der Waals surface area contributed by atoms with Crippen LogP contribution in [0.15, 0.2) is 28.9 Å². The zero-order chi connectivity index (χ0) is 16.4. The van der Waals surface area contributed by atoms with Crippen LogP contribution in [-0.2, 0) is 13.5 Å². The van der Waals surface area contributed by atoms with Crippen LogP contribution in [0, 0.1) is 13.8 Å². The molecule has 0 N–H and O–H groups in total. The Morgan fingerprint density at radius 1 is 1.22 bits per heavy atom. The number of aryl methyl sites for hydroxylation is 3. The van der Waals surface area contributed by atoms with Crippen molar-refractivity contribution in [2.24, 2.45) is 7.05 Å². The molecule has 0 saturated heterocycles. The van der Waals surface area contributed by atoms with Gasteiger partial charge in [0.05, 0.1) is 7.05 Å². The summed E-state index contributed by atoms with van der Waals surface area (Å²) in [7, 11) is 1.75. The summed E-state index contributed by atoms with van der Waals surface area (Å²) in [6, 6.07) is 5.86. The van der Waals surface area contributed by atoms with Crippen molar-refractivity contribution in [2.45, 2.75) is 33.6 Å². The minimum Gasteiger partial charge on any atom is -0.465 e. The third-order valence-electron chi connectivity index (χ3n) is 3.73. The van der Waals surface area contributed by atoms with Crippen LogP contribution in [-0.4, -0.2) is 20.2 Å². The molecule has 0 unspecified atom stereocenters. The van der Waals surface area contributed by atoms with Crippen molar-refractivity contribution in [1.29, 1.82) is 0 Å². The molecule has 0 spiro atoms. The predicted octanol–water partition coefficient (Wildman–Crippen LogP) is 3.83. The average molecular weight is 312 g/mol. The zero-order valence-corrected chi connectivity index (χ0v) is 13.8. The molecule has 6 nitrogen and oxygen atoms in total. The van der Waals surface area contributed by atoms with Crippen molar-refractivity contribution in [2.75, 3.05) is 0 Å². The van der Waals surface area contributed by atoms with E-state index in [9.17, 15) is 0 Å². The normalized spacial score (nSPS) is 11.0. The molecule has 23 heavy (non-hydrogen) atoms. The molecule has 0 amide bonds. The Balaban J connectivity index is 1.87. The fourth-order valence-corrected chi connectivity index (χ4v) is 2.51. The first-order valence-corrected chi connectivity index (χ1v) is 7.68. The minimum atomic E-state index is 0.605. The predicted molar refractivity (Wildman–Crippen MR) is 86.5 cm³/mol. The molecule has 1 aromatic carbocycles. The number of benzene rings is 1. The number of rotatable bonds is 5. The molecule has 0 aliphatic heterocycles. The van der Waals surface area contributed by atoms with Crippen molar-refractivity contribution in [3.8, 4) is 22.9 Å². The van der Waals surface area contributed by atoms with E-state index < -0.39 is 0 Å². The molecule has 0 aliphatic carbocycles. The lowest BCUT2D eigenvalue weighted by atomic mass is 10.1. The Hall–Kier alpha value is -2.63. The highest BCUT2D eigenvalue weighted by Crippen LogP contribution is 2.33. The van der Waals surface area contributed by atoms with Gasteiger partial charge >= 0.3 is 0 Å². The highest BCUT2D eigenvalue weighted by Gasteiger charge is 2.14. The molecule has 0 saturated carbocycles. The van der Waals surface area contributed by atoms with Gasteiger partial charge in [0.1, 0.15) is 17.8 Å². The standard InChI is InChI=1S/C17H20N4O2/c1-5-6-14-12(3)22-10-16(14)23-15-8-7-13(9-11(15)2)17-18-20-21(4)19-17/h7-10H,5-6H2,1-4H3. The molecule has 3 aromatic rings. The molecular weight excluding hydrogens is 292 g/mol. The molecule has 2 aromatic heterocycles. The Morgan fingerprint density at radius 3 is 2.70 bits per heavy atom. The molecule has 0 aliphatic rings. The summed E-state index contributed by atoms with van der Waals surface area (Å²) in [5, 5.41) is 12.1. The second kappa shape index (κ2) is 6.24. The molecular formula is C17H20N4O2. The summed E-state index contributed by atoms with van der Waals surface area (Å²) in [6.07, 6.45) is 3.67. The van der Waals surface area contributed by atoms with E-state index in [1.807, 2.05) is 32.0 Å². The molecule has 0 fully saturated rings. The van der Waals surface area contributed by atoms with Gasteiger partial charge in [-0.25, -0.2) is 0 Å². The van der Waals surface area contributed by atoms with E-state index in [4.69, 9.17) is 9.15 Å². The van der Waals surface area contributed by atoms with Gasteiger partial charge in [0.25, 0.3) is 0 Å². The van der Waals surface area contributed by atoms with Gasteiger partial charge in [-0.3, -0.25) is 0 Å². The Bertz CT molecular complexity index is 820. The number of aromatic nitrogens is 4. The summed E-state index contributed by atoms with van der Waals surface area (Å²) >= 11 is 0. The van der Waals surface area contributed by atoms with E-state index in [0.29, 0.717) is 5.82 Å². The third-order valence-corrected chi connectivity index (χ3v) is 3.73. The largest absolute Gasteiger partial charge is 0.465 e. The van der Waals surface area contributed by atoms with E-state index in [1.165, 1.54) is 4.80 Å². The maximum atomic E-state index is 6.05. The quantitative estimate of drug-likeness (QED) is 0.716. The second-order valence-electron chi connectivity index (χ2n) is 5.57. The molecule has 0 atom stereocenters. The topological polar surface area (TPSA) is 66.0 Å². The summed E-state index contributed by atoms with van der Waals surface area (Å²) in [5.74, 6) is 3.11. The van der Waals surface area contributed by atoms with E-state index in [2.05, 4.69) is 22.3 Å². The average Bonchev–Trinajstić information content (AvgIpc) is 3.10. The van der Waals surface area contributed by atoms with Gasteiger partial charge in [-0.1, -0.05) is 13.3 Å². The van der Waals surface area contributed by atoms with Crippen LogP contribution in [0.3, 0.4) is 0 Å². The van der Waals surface area contributed by atoms with Gasteiger partial charge in [0.15, 0.2) is 5.75 Å². The fourth-order valence-electron chi connectivity index (χ4n) is 2.51. The van der Waals surface area contributed by atoms with Gasteiger partial charge in [-0.15, -0.1) is 10.2 Å². The summed E-state index contributed by atoms with van der Waals surface area (Å²) < 4.78 is 11.6. The number of nitrogens with zero attached hydrogens (tertiary/aromatic N) is 4. The Labute approximate surface area is 135 Å². The lowest BCUT2D eigenvalue weighted by Crippen LogP contribution is -1.93. The monoisotopic (exact) mass is 312 g/mol. The van der Waals surface area contributed by atoms with Gasteiger partial charge in [0.2, 0.25) is 5.82 Å². The van der Waals surface area contributed by atoms with Gasteiger partial charge in [0, 0.05) is 11.1 Å². The lowest BCUT2D eigenvalue weighted by molar-refractivity contribution is 0.458. The van der Waals surface area contributed by atoms with Crippen LogP contribution in [0.5, 0.6) is 11.5 Å².